The number of primary amides is 1. The van der Waals surface area contributed by atoms with Crippen molar-refractivity contribution in [2.24, 2.45) is 5.73 Å². The molecule has 0 saturated carbocycles. The van der Waals surface area contributed by atoms with Crippen LogP contribution < -0.4 is 10.5 Å². The summed E-state index contributed by atoms with van der Waals surface area (Å²) in [5, 5.41) is 0. The Balaban J connectivity index is 2.21. The molecule has 0 fully saturated rings. The van der Waals surface area contributed by atoms with Crippen molar-refractivity contribution >= 4 is 17.7 Å². The summed E-state index contributed by atoms with van der Waals surface area (Å²) >= 11 is 5.57. The smallest absolute Gasteiger partial charge is 0.404 e. The Labute approximate surface area is 107 Å². The third-order valence-corrected chi connectivity index (χ3v) is 2.89. The van der Waals surface area contributed by atoms with Gasteiger partial charge in [-0.3, -0.25) is 0 Å². The molecule has 2 N–H and O–H groups in total. The highest BCUT2D eigenvalue weighted by Gasteiger charge is 2.29. The van der Waals surface area contributed by atoms with Crippen LogP contribution >= 0.6 is 11.6 Å². The van der Waals surface area contributed by atoms with Crippen LogP contribution in [0.5, 0.6) is 5.75 Å². The molecule has 0 aromatic heterocycles. The van der Waals surface area contributed by atoms with Crippen molar-refractivity contribution in [1.82, 2.24) is 0 Å². The van der Waals surface area contributed by atoms with Gasteiger partial charge >= 0.3 is 6.09 Å². The highest BCUT2D eigenvalue weighted by Crippen LogP contribution is 2.36. The Kier molecular flexibility index (Phi) is 3.56. The van der Waals surface area contributed by atoms with Gasteiger partial charge in [0, 0.05) is 17.5 Å². The minimum Gasteiger partial charge on any atom is -0.486 e. The van der Waals surface area contributed by atoms with Gasteiger partial charge in [-0.05, 0) is 6.07 Å². The molecule has 1 aliphatic rings. The van der Waals surface area contributed by atoms with E-state index in [9.17, 15) is 13.6 Å². The molecule has 1 aliphatic heterocycles. The second kappa shape index (κ2) is 4.97. The van der Waals surface area contributed by atoms with E-state index in [0.717, 1.165) is 6.07 Å². The van der Waals surface area contributed by atoms with Crippen molar-refractivity contribution < 1.29 is 23.0 Å². The third kappa shape index (κ3) is 2.33. The number of alkyl halides is 1. The molecule has 4 nitrogen and oxygen atoms in total. The van der Waals surface area contributed by atoms with Gasteiger partial charge in [-0.15, -0.1) is 11.6 Å². The lowest BCUT2D eigenvalue weighted by Gasteiger charge is -2.11. The molecular formula is C11H10ClF2NO3. The third-order valence-electron chi connectivity index (χ3n) is 2.62. The highest BCUT2D eigenvalue weighted by molar-refractivity contribution is 6.17. The topological polar surface area (TPSA) is 61.6 Å². The molecule has 98 valence electrons. The predicted molar refractivity (Wildman–Crippen MR) is 59.6 cm³/mol. The number of amides is 1. The van der Waals surface area contributed by atoms with Gasteiger partial charge in [-0.1, -0.05) is 0 Å². The fourth-order valence-electron chi connectivity index (χ4n) is 1.86. The zero-order valence-corrected chi connectivity index (χ0v) is 9.97. The number of hydrogen-bond acceptors (Lipinski definition) is 3. The van der Waals surface area contributed by atoms with Gasteiger partial charge in [-0.25, -0.2) is 13.6 Å². The Bertz CT molecular complexity index is 496. The SMILES string of the molecule is NC(=O)OCC1Cc2cc(F)c(F)c(CCl)c2O1. The minimum absolute atomic E-state index is 0.0201. The maximum atomic E-state index is 13.5. The van der Waals surface area contributed by atoms with Crippen LogP contribution in [0.25, 0.3) is 0 Å². The number of ether oxygens (including phenoxy) is 2. The van der Waals surface area contributed by atoms with Crippen molar-refractivity contribution in [2.45, 2.75) is 18.4 Å². The van der Waals surface area contributed by atoms with Crippen LogP contribution in [0.15, 0.2) is 6.07 Å². The molecule has 0 radical (unpaired) electrons. The van der Waals surface area contributed by atoms with Gasteiger partial charge in [0.2, 0.25) is 0 Å². The summed E-state index contributed by atoms with van der Waals surface area (Å²) in [6, 6.07) is 1.06. The minimum atomic E-state index is -1.01. The molecule has 0 saturated heterocycles. The molecule has 1 atom stereocenters. The molecule has 7 heteroatoms. The number of hydrogen-bond donors (Lipinski definition) is 1. The first-order chi connectivity index (χ1) is 8.52. The van der Waals surface area contributed by atoms with E-state index in [1.54, 1.807) is 0 Å². The lowest BCUT2D eigenvalue weighted by atomic mass is 10.1. The molecule has 1 aromatic rings. The monoisotopic (exact) mass is 277 g/mol. The van der Waals surface area contributed by atoms with Gasteiger partial charge < -0.3 is 15.2 Å². The summed E-state index contributed by atoms with van der Waals surface area (Å²) in [6.45, 7) is -0.0744. The zero-order valence-electron chi connectivity index (χ0n) is 9.21. The van der Waals surface area contributed by atoms with Crippen LogP contribution in [-0.4, -0.2) is 18.8 Å². The first kappa shape index (κ1) is 12.9. The van der Waals surface area contributed by atoms with E-state index in [1.807, 2.05) is 0 Å². The van der Waals surface area contributed by atoms with Crippen LogP contribution in [0.1, 0.15) is 11.1 Å². The van der Waals surface area contributed by atoms with Crippen molar-refractivity contribution in [3.05, 3.63) is 28.8 Å². The van der Waals surface area contributed by atoms with Gasteiger partial charge in [0.05, 0.1) is 5.88 Å². The molecule has 0 bridgehead atoms. The van der Waals surface area contributed by atoms with E-state index in [2.05, 4.69) is 4.74 Å². The predicted octanol–water partition coefficient (Wildman–Crippen LogP) is 2.10. The van der Waals surface area contributed by atoms with Gasteiger partial charge in [-0.2, -0.15) is 0 Å². The molecular weight excluding hydrogens is 268 g/mol. The second-order valence-corrected chi connectivity index (χ2v) is 4.11. The molecule has 2 rings (SSSR count). The molecule has 1 unspecified atom stereocenters. The molecule has 18 heavy (non-hydrogen) atoms. The maximum absolute atomic E-state index is 13.5. The number of fused-ring (bicyclic) bond motifs is 1. The molecule has 0 aliphatic carbocycles. The van der Waals surface area contributed by atoms with E-state index in [1.165, 1.54) is 0 Å². The van der Waals surface area contributed by atoms with Crippen molar-refractivity contribution in [3.8, 4) is 5.75 Å². The van der Waals surface area contributed by atoms with Crippen molar-refractivity contribution in [1.29, 1.82) is 0 Å². The Hall–Kier alpha value is -1.56. The fraction of sp³-hybridized carbons (Fsp3) is 0.364. The molecule has 0 spiro atoms. The quantitative estimate of drug-likeness (QED) is 0.861. The Morgan fingerprint density at radius 3 is 2.94 bits per heavy atom. The Morgan fingerprint density at radius 1 is 1.61 bits per heavy atom. The van der Waals surface area contributed by atoms with Crippen LogP contribution in [0.3, 0.4) is 0 Å². The lowest BCUT2D eigenvalue weighted by Crippen LogP contribution is -2.25. The van der Waals surface area contributed by atoms with Gasteiger partial charge in [0.25, 0.3) is 0 Å². The number of carbonyl (C=O) groups excluding carboxylic acids is 1. The van der Waals surface area contributed by atoms with Gasteiger partial charge in [0.1, 0.15) is 18.5 Å². The molecule has 1 aromatic carbocycles. The molecule has 1 heterocycles. The average molecular weight is 278 g/mol. The summed E-state index contributed by atoms with van der Waals surface area (Å²) in [5.41, 5.74) is 5.30. The molecule has 1 amide bonds. The summed E-state index contributed by atoms with van der Waals surface area (Å²) in [5.74, 6) is -1.96. The maximum Gasteiger partial charge on any atom is 0.404 e. The first-order valence-corrected chi connectivity index (χ1v) is 5.71. The zero-order chi connectivity index (χ0) is 13.3. The van der Waals surface area contributed by atoms with Crippen LogP contribution in [0.2, 0.25) is 0 Å². The van der Waals surface area contributed by atoms with Crippen molar-refractivity contribution in [2.75, 3.05) is 6.61 Å². The fourth-order valence-corrected chi connectivity index (χ4v) is 2.10. The highest BCUT2D eigenvalue weighted by atomic mass is 35.5. The van der Waals surface area contributed by atoms with E-state index >= 15 is 0 Å². The summed E-state index contributed by atoms with van der Waals surface area (Å²) in [4.78, 5) is 10.5. The van der Waals surface area contributed by atoms with Gasteiger partial charge in [0.15, 0.2) is 11.6 Å². The number of rotatable bonds is 3. The normalized spacial score (nSPS) is 17.2. The standard InChI is InChI=1S/C11H10ClF2NO3/c12-3-7-9(14)8(13)2-5-1-6(18-10(5)7)4-17-11(15)16/h2,6H,1,3-4H2,(H2,15,16). The summed E-state index contributed by atoms with van der Waals surface area (Å²) in [6.07, 6.45) is -1.12. The lowest BCUT2D eigenvalue weighted by molar-refractivity contribution is 0.0984. The van der Waals surface area contributed by atoms with Crippen LogP contribution in [-0.2, 0) is 17.0 Å². The number of carbonyl (C=O) groups is 1. The second-order valence-electron chi connectivity index (χ2n) is 3.85. The largest absolute Gasteiger partial charge is 0.486 e. The number of halogens is 3. The van der Waals surface area contributed by atoms with Crippen LogP contribution in [0.4, 0.5) is 13.6 Å². The average Bonchev–Trinajstić information content (AvgIpc) is 2.70. The van der Waals surface area contributed by atoms with Crippen molar-refractivity contribution in [3.63, 3.8) is 0 Å². The van der Waals surface area contributed by atoms with Crippen LogP contribution in [0, 0.1) is 11.6 Å². The van der Waals surface area contributed by atoms with E-state index in [0.29, 0.717) is 12.0 Å². The van der Waals surface area contributed by atoms with E-state index in [4.69, 9.17) is 22.1 Å². The summed E-state index contributed by atoms with van der Waals surface area (Å²) < 4.78 is 36.7. The summed E-state index contributed by atoms with van der Waals surface area (Å²) in [7, 11) is 0. The van der Waals surface area contributed by atoms with E-state index < -0.39 is 23.8 Å². The Morgan fingerprint density at radius 2 is 2.33 bits per heavy atom. The number of benzene rings is 1. The number of nitrogens with two attached hydrogens (primary N) is 1. The first-order valence-electron chi connectivity index (χ1n) is 5.17. The van der Waals surface area contributed by atoms with E-state index in [-0.39, 0.29) is 23.8 Å².